The Morgan fingerprint density at radius 1 is 1.23 bits per heavy atom. The van der Waals surface area contributed by atoms with Crippen LogP contribution in [-0.2, 0) is 19.7 Å². The highest BCUT2D eigenvalue weighted by Crippen LogP contribution is 2.37. The molecule has 22 heavy (non-hydrogen) atoms. The van der Waals surface area contributed by atoms with Crippen LogP contribution in [0.3, 0.4) is 0 Å². The topological polar surface area (TPSA) is 114 Å². The van der Waals surface area contributed by atoms with Gasteiger partial charge in [-0.15, -0.1) is 0 Å². The third-order valence-electron chi connectivity index (χ3n) is 3.68. The fourth-order valence-corrected chi connectivity index (χ4v) is 6.27. The number of rotatable bonds is 5. The van der Waals surface area contributed by atoms with Gasteiger partial charge in [0, 0.05) is 0 Å². The summed E-state index contributed by atoms with van der Waals surface area (Å²) in [5, 5.41) is -0.621. The quantitative estimate of drug-likeness (QED) is 0.347. The van der Waals surface area contributed by atoms with E-state index in [1.54, 1.807) is 0 Å². The number of methoxy groups -OCH3 is 1. The lowest BCUT2D eigenvalue weighted by Gasteiger charge is -2.16. The molecule has 0 heterocycles. The van der Waals surface area contributed by atoms with E-state index in [0.717, 1.165) is 12.8 Å². The molecule has 0 unspecified atom stereocenters. The first-order valence-corrected chi connectivity index (χ1v) is 9.77. The summed E-state index contributed by atoms with van der Waals surface area (Å²) in [6.07, 6.45) is 2.57. The van der Waals surface area contributed by atoms with Crippen LogP contribution in [0.25, 0.3) is 5.53 Å². The Bertz CT molecular complexity index is 818. The van der Waals surface area contributed by atoms with E-state index in [0.29, 0.717) is 18.4 Å². The summed E-state index contributed by atoms with van der Waals surface area (Å²) in [4.78, 5) is 1.72. The Labute approximate surface area is 129 Å². The molecule has 1 aromatic carbocycles. The Morgan fingerprint density at radius 2 is 1.86 bits per heavy atom. The van der Waals surface area contributed by atoms with E-state index < -0.39 is 29.8 Å². The highest BCUT2D eigenvalue weighted by molar-refractivity contribution is 8.04. The van der Waals surface area contributed by atoms with Crippen LogP contribution >= 0.6 is 0 Å². The molecule has 0 N–H and O–H groups in total. The summed E-state index contributed by atoms with van der Waals surface area (Å²) in [7, 11) is -6.77. The highest BCUT2D eigenvalue weighted by Gasteiger charge is 2.37. The Kier molecular flexibility index (Phi) is 4.69. The van der Waals surface area contributed by atoms with Crippen molar-refractivity contribution in [2.75, 3.05) is 7.11 Å². The van der Waals surface area contributed by atoms with Crippen molar-refractivity contribution in [1.82, 2.24) is 0 Å². The zero-order valence-corrected chi connectivity index (χ0v) is 13.6. The summed E-state index contributed by atoms with van der Waals surface area (Å²) in [6.45, 7) is 0. The second-order valence-electron chi connectivity index (χ2n) is 5.00. The van der Waals surface area contributed by atoms with E-state index in [1.807, 2.05) is 0 Å². The lowest BCUT2D eigenvalue weighted by molar-refractivity contribution is 0.00753. The maximum absolute atomic E-state index is 12.8. The number of nitrogens with zero attached hydrogens (tertiary/aromatic N) is 2. The van der Waals surface area contributed by atoms with Crippen LogP contribution in [0, 0.1) is 0 Å². The molecule has 0 saturated heterocycles. The molecule has 0 atom stereocenters. The highest BCUT2D eigenvalue weighted by atomic mass is 32.2. The normalized spacial score (nSPS) is 16.2. The first kappa shape index (κ1) is 16.7. The average Bonchev–Trinajstić information content (AvgIpc) is 3.01. The van der Waals surface area contributed by atoms with E-state index in [4.69, 9.17) is 10.3 Å². The zero-order valence-electron chi connectivity index (χ0n) is 12.0. The SMILES string of the molecule is COc1cccc(S(=O)(=O)C=[N+]=[N-])c1S(=O)(=O)C1CCCC1. The Hall–Kier alpha value is -1.70. The second kappa shape index (κ2) is 6.20. The smallest absolute Gasteiger partial charge is 0.374 e. The Balaban J connectivity index is 2.76. The minimum Gasteiger partial charge on any atom is -0.495 e. The van der Waals surface area contributed by atoms with Crippen molar-refractivity contribution in [2.45, 2.75) is 40.7 Å². The van der Waals surface area contributed by atoms with E-state index in [2.05, 4.69) is 4.79 Å². The van der Waals surface area contributed by atoms with Gasteiger partial charge >= 0.3 is 5.55 Å². The molecular weight excluding hydrogens is 328 g/mol. The number of hydrogen-bond donors (Lipinski definition) is 0. The van der Waals surface area contributed by atoms with Gasteiger partial charge in [-0.25, -0.2) is 16.8 Å². The zero-order chi connectivity index (χ0) is 16.4. The fourth-order valence-electron chi connectivity index (χ4n) is 2.65. The van der Waals surface area contributed by atoms with Gasteiger partial charge in [-0.2, -0.15) is 4.79 Å². The van der Waals surface area contributed by atoms with Crippen LogP contribution in [0.15, 0.2) is 28.0 Å². The summed E-state index contributed by atoms with van der Waals surface area (Å²) in [5.74, 6) is -0.0284. The van der Waals surface area contributed by atoms with Crippen LogP contribution < -0.4 is 4.74 Å². The lowest BCUT2D eigenvalue weighted by Crippen LogP contribution is -2.21. The van der Waals surface area contributed by atoms with Crippen molar-refractivity contribution in [3.8, 4) is 5.75 Å². The maximum atomic E-state index is 12.8. The lowest BCUT2D eigenvalue weighted by atomic mass is 10.3. The predicted octanol–water partition coefficient (Wildman–Crippen LogP) is 1.44. The van der Waals surface area contributed by atoms with Gasteiger partial charge in [0.2, 0.25) is 0 Å². The number of ether oxygens (including phenoxy) is 1. The van der Waals surface area contributed by atoms with E-state index in [1.165, 1.54) is 25.3 Å². The molecule has 1 aliphatic carbocycles. The van der Waals surface area contributed by atoms with Crippen molar-refractivity contribution in [3.63, 3.8) is 0 Å². The molecular formula is C13H16N2O5S2. The molecule has 0 aliphatic heterocycles. The van der Waals surface area contributed by atoms with Gasteiger partial charge in [0.15, 0.2) is 9.84 Å². The van der Waals surface area contributed by atoms with Gasteiger partial charge < -0.3 is 10.3 Å². The second-order valence-corrected chi connectivity index (χ2v) is 8.91. The number of benzene rings is 1. The molecule has 0 spiro atoms. The summed E-state index contributed by atoms with van der Waals surface area (Å²) in [6, 6.07) is 3.95. The van der Waals surface area contributed by atoms with Crippen molar-refractivity contribution in [2.24, 2.45) is 0 Å². The van der Waals surface area contributed by atoms with Gasteiger partial charge in [-0.3, -0.25) is 0 Å². The molecule has 0 bridgehead atoms. The van der Waals surface area contributed by atoms with Gasteiger partial charge in [0.25, 0.3) is 9.84 Å². The molecule has 0 aromatic heterocycles. The standard InChI is InChI=1S/C13H16N2O5S2/c1-20-11-7-4-8-12(21(16,17)9-15-14)13(11)22(18,19)10-5-2-3-6-10/h4,7-10H,2-3,5-6H2,1H3. The first-order valence-electron chi connectivity index (χ1n) is 6.68. The molecule has 1 aliphatic rings. The van der Waals surface area contributed by atoms with Crippen LogP contribution in [0.2, 0.25) is 0 Å². The van der Waals surface area contributed by atoms with Gasteiger partial charge in [-0.05, 0) is 25.0 Å². The third-order valence-corrected chi connectivity index (χ3v) is 7.47. The molecule has 1 saturated carbocycles. The average molecular weight is 344 g/mol. The van der Waals surface area contributed by atoms with Gasteiger partial charge in [0.05, 0.1) is 12.4 Å². The first-order chi connectivity index (χ1) is 10.3. The summed E-state index contributed by atoms with van der Waals surface area (Å²) >= 11 is 0. The number of hydrogen-bond acceptors (Lipinski definition) is 5. The van der Waals surface area contributed by atoms with Crippen molar-refractivity contribution < 1.29 is 26.4 Å². The van der Waals surface area contributed by atoms with Crippen LogP contribution in [0.5, 0.6) is 5.75 Å². The minimum absolute atomic E-state index is 0.0284. The summed E-state index contributed by atoms with van der Waals surface area (Å²) in [5.41, 5.74) is 8.82. The van der Waals surface area contributed by atoms with Crippen LogP contribution in [0.1, 0.15) is 25.7 Å². The molecule has 0 amide bonds. The molecule has 120 valence electrons. The third kappa shape index (κ3) is 2.92. The van der Waals surface area contributed by atoms with E-state index >= 15 is 0 Å². The largest absolute Gasteiger partial charge is 0.495 e. The molecule has 2 rings (SSSR count). The molecule has 1 fully saturated rings. The number of sulfone groups is 2. The Morgan fingerprint density at radius 3 is 2.41 bits per heavy atom. The summed E-state index contributed by atoms with van der Waals surface area (Å²) < 4.78 is 55.0. The predicted molar refractivity (Wildman–Crippen MR) is 79.3 cm³/mol. The van der Waals surface area contributed by atoms with Crippen molar-refractivity contribution >= 4 is 25.2 Å². The van der Waals surface area contributed by atoms with Crippen LogP contribution in [-0.4, -0.2) is 39.5 Å². The molecule has 0 radical (unpaired) electrons. The fraction of sp³-hybridized carbons (Fsp3) is 0.462. The van der Waals surface area contributed by atoms with E-state index in [-0.39, 0.29) is 10.6 Å². The van der Waals surface area contributed by atoms with Gasteiger partial charge in [-0.1, -0.05) is 18.9 Å². The maximum Gasteiger partial charge on any atom is 0.374 e. The monoisotopic (exact) mass is 344 g/mol. The van der Waals surface area contributed by atoms with E-state index in [9.17, 15) is 16.8 Å². The van der Waals surface area contributed by atoms with Crippen molar-refractivity contribution in [1.29, 1.82) is 0 Å². The molecule has 9 heteroatoms. The molecule has 1 aromatic rings. The van der Waals surface area contributed by atoms with Crippen LogP contribution in [0.4, 0.5) is 0 Å². The minimum atomic E-state index is -4.19. The van der Waals surface area contributed by atoms with Crippen molar-refractivity contribution in [3.05, 3.63) is 23.7 Å². The molecule has 7 nitrogen and oxygen atoms in total. The van der Waals surface area contributed by atoms with Gasteiger partial charge in [0.1, 0.15) is 15.5 Å².